The molecule has 114 valence electrons. The maximum atomic E-state index is 12.2. The summed E-state index contributed by atoms with van der Waals surface area (Å²) < 4.78 is 0. The molecule has 0 spiro atoms. The molecule has 22 heavy (non-hydrogen) atoms. The van der Waals surface area contributed by atoms with Crippen molar-refractivity contribution in [3.8, 4) is 0 Å². The Balaban J connectivity index is 1.46. The topological polar surface area (TPSA) is 58.1 Å². The summed E-state index contributed by atoms with van der Waals surface area (Å²) in [5, 5.41) is 2.94. The van der Waals surface area contributed by atoms with Gasteiger partial charge in [0.15, 0.2) is 0 Å². The normalized spacial score (nSPS) is 17.5. The molecule has 2 aromatic rings. The average Bonchev–Trinajstić information content (AvgIpc) is 3.03. The van der Waals surface area contributed by atoms with Gasteiger partial charge in [-0.15, -0.1) is 0 Å². The van der Waals surface area contributed by atoms with E-state index in [1.807, 2.05) is 35.4 Å². The summed E-state index contributed by atoms with van der Waals surface area (Å²) in [6.45, 7) is 2.10. The lowest BCUT2D eigenvalue weighted by atomic mass is 10.0. The average molecular weight is 296 g/mol. The number of amides is 2. The van der Waals surface area contributed by atoms with Crippen LogP contribution in [0.15, 0.2) is 48.9 Å². The fourth-order valence-electron chi connectivity index (χ4n) is 2.82. The molecule has 1 atom stereocenters. The van der Waals surface area contributed by atoms with E-state index in [4.69, 9.17) is 0 Å². The highest BCUT2D eigenvalue weighted by Crippen LogP contribution is 2.20. The van der Waals surface area contributed by atoms with Crippen molar-refractivity contribution in [1.29, 1.82) is 0 Å². The maximum Gasteiger partial charge on any atom is 0.317 e. The van der Waals surface area contributed by atoms with Crippen molar-refractivity contribution in [1.82, 2.24) is 20.2 Å². The van der Waals surface area contributed by atoms with Crippen LogP contribution in [0.5, 0.6) is 0 Å². The van der Waals surface area contributed by atoms with Gasteiger partial charge in [0, 0.05) is 31.7 Å². The highest BCUT2D eigenvalue weighted by atomic mass is 16.2. The molecule has 1 saturated heterocycles. The molecule has 1 N–H and O–H groups in total. The molecule has 1 aliphatic rings. The van der Waals surface area contributed by atoms with Crippen molar-refractivity contribution in [2.75, 3.05) is 13.1 Å². The minimum atomic E-state index is -0.000611. The maximum absolute atomic E-state index is 12.2. The minimum Gasteiger partial charge on any atom is -0.332 e. The van der Waals surface area contributed by atoms with Crippen LogP contribution in [0, 0.1) is 5.92 Å². The molecule has 0 radical (unpaired) electrons. The van der Waals surface area contributed by atoms with Gasteiger partial charge in [0.2, 0.25) is 0 Å². The Bertz CT molecular complexity index is 603. The van der Waals surface area contributed by atoms with Crippen LogP contribution in [-0.4, -0.2) is 34.0 Å². The molecule has 2 amide bonds. The molecule has 0 bridgehead atoms. The van der Waals surface area contributed by atoms with Gasteiger partial charge in [-0.25, -0.2) is 4.79 Å². The van der Waals surface area contributed by atoms with Crippen molar-refractivity contribution >= 4 is 6.03 Å². The molecule has 3 rings (SSSR count). The van der Waals surface area contributed by atoms with Crippen LogP contribution in [-0.2, 0) is 13.0 Å². The molecule has 5 nitrogen and oxygen atoms in total. The second kappa shape index (κ2) is 7.02. The molecular weight excluding hydrogens is 276 g/mol. The first-order chi connectivity index (χ1) is 10.8. The molecule has 1 unspecified atom stereocenters. The zero-order valence-corrected chi connectivity index (χ0v) is 12.5. The van der Waals surface area contributed by atoms with Crippen LogP contribution in [0.2, 0.25) is 0 Å². The number of hydrogen-bond acceptors (Lipinski definition) is 3. The van der Waals surface area contributed by atoms with Gasteiger partial charge in [-0.05, 0) is 42.5 Å². The van der Waals surface area contributed by atoms with Crippen molar-refractivity contribution in [3.63, 3.8) is 0 Å². The number of rotatable bonds is 4. The second-order valence-corrected chi connectivity index (χ2v) is 5.65. The van der Waals surface area contributed by atoms with E-state index in [-0.39, 0.29) is 6.03 Å². The predicted octanol–water partition coefficient (Wildman–Crippen LogP) is 2.25. The number of pyridine rings is 2. The molecule has 5 heteroatoms. The summed E-state index contributed by atoms with van der Waals surface area (Å²) in [5.74, 6) is 0.518. The highest BCUT2D eigenvalue weighted by Gasteiger charge is 2.26. The molecule has 1 fully saturated rings. The fraction of sp³-hybridized carbons (Fsp3) is 0.353. The first-order valence-electron chi connectivity index (χ1n) is 7.63. The number of aromatic nitrogens is 2. The summed E-state index contributed by atoms with van der Waals surface area (Å²) in [6, 6.07) is 9.76. The van der Waals surface area contributed by atoms with E-state index < -0.39 is 0 Å². The molecule has 0 saturated carbocycles. The number of nitrogens with one attached hydrogen (secondary N) is 1. The fourth-order valence-corrected chi connectivity index (χ4v) is 2.82. The quantitative estimate of drug-likeness (QED) is 0.941. The smallest absolute Gasteiger partial charge is 0.317 e. The van der Waals surface area contributed by atoms with E-state index >= 15 is 0 Å². The second-order valence-electron chi connectivity index (χ2n) is 5.65. The first-order valence-corrected chi connectivity index (χ1v) is 7.63. The number of nitrogens with zero attached hydrogens (tertiary/aromatic N) is 3. The SMILES string of the molecule is O=C(NCc1ccccn1)N1CCC(Cc2cccnc2)C1. The summed E-state index contributed by atoms with van der Waals surface area (Å²) in [4.78, 5) is 22.4. The van der Waals surface area contributed by atoms with E-state index in [2.05, 4.69) is 21.4 Å². The van der Waals surface area contributed by atoms with Gasteiger partial charge in [-0.2, -0.15) is 0 Å². The molecule has 2 aromatic heterocycles. The third-order valence-electron chi connectivity index (χ3n) is 3.97. The van der Waals surface area contributed by atoms with Gasteiger partial charge in [0.1, 0.15) is 0 Å². The molecule has 1 aliphatic heterocycles. The van der Waals surface area contributed by atoms with E-state index in [0.717, 1.165) is 31.6 Å². The van der Waals surface area contributed by atoms with Crippen molar-refractivity contribution in [3.05, 3.63) is 60.2 Å². The third-order valence-corrected chi connectivity index (χ3v) is 3.97. The van der Waals surface area contributed by atoms with E-state index in [1.165, 1.54) is 5.56 Å². The largest absolute Gasteiger partial charge is 0.332 e. The highest BCUT2D eigenvalue weighted by molar-refractivity contribution is 5.74. The van der Waals surface area contributed by atoms with Crippen LogP contribution in [0.3, 0.4) is 0 Å². The summed E-state index contributed by atoms with van der Waals surface area (Å²) >= 11 is 0. The Labute approximate surface area is 130 Å². The molecule has 3 heterocycles. The number of likely N-dealkylation sites (tertiary alicyclic amines) is 1. The number of urea groups is 1. The lowest BCUT2D eigenvalue weighted by Gasteiger charge is -2.17. The van der Waals surface area contributed by atoms with Crippen molar-refractivity contribution in [2.45, 2.75) is 19.4 Å². The zero-order chi connectivity index (χ0) is 15.2. The van der Waals surface area contributed by atoms with Gasteiger partial charge >= 0.3 is 6.03 Å². The zero-order valence-electron chi connectivity index (χ0n) is 12.5. The monoisotopic (exact) mass is 296 g/mol. The molecule has 0 aromatic carbocycles. The Morgan fingerprint density at radius 2 is 2.23 bits per heavy atom. The minimum absolute atomic E-state index is 0.000611. The standard InChI is InChI=1S/C17H20N4O/c22-17(20-12-16-5-1-2-8-19-16)21-9-6-15(13-21)10-14-4-3-7-18-11-14/h1-5,7-8,11,15H,6,9-10,12-13H2,(H,20,22). The van der Waals surface area contributed by atoms with Crippen LogP contribution in [0.4, 0.5) is 4.79 Å². The predicted molar refractivity (Wildman–Crippen MR) is 84.1 cm³/mol. The van der Waals surface area contributed by atoms with Gasteiger partial charge in [-0.3, -0.25) is 9.97 Å². The van der Waals surface area contributed by atoms with E-state index in [1.54, 1.807) is 12.4 Å². The van der Waals surface area contributed by atoms with Crippen molar-refractivity contribution in [2.24, 2.45) is 5.92 Å². The van der Waals surface area contributed by atoms with E-state index in [0.29, 0.717) is 12.5 Å². The van der Waals surface area contributed by atoms with Gasteiger partial charge < -0.3 is 10.2 Å². The van der Waals surface area contributed by atoms with Crippen LogP contribution < -0.4 is 5.32 Å². The van der Waals surface area contributed by atoms with Gasteiger partial charge in [-0.1, -0.05) is 12.1 Å². The lowest BCUT2D eigenvalue weighted by Crippen LogP contribution is -2.38. The Kier molecular flexibility index (Phi) is 4.63. The summed E-state index contributed by atoms with van der Waals surface area (Å²) in [6.07, 6.45) is 7.46. The van der Waals surface area contributed by atoms with E-state index in [9.17, 15) is 4.79 Å². The Hall–Kier alpha value is -2.43. The van der Waals surface area contributed by atoms with Gasteiger partial charge in [0.05, 0.1) is 12.2 Å². The molecular formula is C17H20N4O. The van der Waals surface area contributed by atoms with Crippen LogP contribution >= 0.6 is 0 Å². The molecule has 0 aliphatic carbocycles. The Morgan fingerprint density at radius 1 is 1.27 bits per heavy atom. The van der Waals surface area contributed by atoms with Crippen LogP contribution in [0.1, 0.15) is 17.7 Å². The lowest BCUT2D eigenvalue weighted by molar-refractivity contribution is 0.206. The van der Waals surface area contributed by atoms with Crippen LogP contribution in [0.25, 0.3) is 0 Å². The first kappa shape index (κ1) is 14.5. The Morgan fingerprint density at radius 3 is 3.00 bits per heavy atom. The third kappa shape index (κ3) is 3.81. The number of carbonyl (C=O) groups is 1. The number of carbonyl (C=O) groups excluding carboxylic acids is 1. The summed E-state index contributed by atoms with van der Waals surface area (Å²) in [7, 11) is 0. The number of hydrogen-bond donors (Lipinski definition) is 1. The van der Waals surface area contributed by atoms with Gasteiger partial charge in [0.25, 0.3) is 0 Å². The van der Waals surface area contributed by atoms with Crippen molar-refractivity contribution < 1.29 is 4.79 Å². The summed E-state index contributed by atoms with van der Waals surface area (Å²) in [5.41, 5.74) is 2.12.